The van der Waals surface area contributed by atoms with E-state index in [1.165, 1.54) is 6.08 Å². The summed E-state index contributed by atoms with van der Waals surface area (Å²) in [5.41, 5.74) is 1.47. The minimum atomic E-state index is -0.667. The van der Waals surface area contributed by atoms with Crippen LogP contribution in [-0.4, -0.2) is 73.0 Å². The van der Waals surface area contributed by atoms with Gasteiger partial charge in [0.15, 0.2) is 6.10 Å². The maximum Gasteiger partial charge on any atom is 0.316 e. The fourth-order valence-corrected chi connectivity index (χ4v) is 6.39. The number of benzene rings is 3. The molecular formula is C35H38ClN3O5. The van der Waals surface area contributed by atoms with Gasteiger partial charge in [-0.25, -0.2) is 0 Å². The van der Waals surface area contributed by atoms with Crippen molar-refractivity contribution in [3.63, 3.8) is 0 Å². The van der Waals surface area contributed by atoms with Crippen LogP contribution in [-0.2, 0) is 14.4 Å². The van der Waals surface area contributed by atoms with E-state index in [-0.39, 0.29) is 23.7 Å². The van der Waals surface area contributed by atoms with Gasteiger partial charge >= 0.3 is 5.97 Å². The smallest absolute Gasteiger partial charge is 0.316 e. The van der Waals surface area contributed by atoms with Gasteiger partial charge in [-0.2, -0.15) is 0 Å². The fraction of sp³-hybridized carbons (Fsp3) is 0.400. The Labute approximate surface area is 263 Å². The van der Waals surface area contributed by atoms with Crippen molar-refractivity contribution in [3.05, 3.63) is 66.2 Å². The Morgan fingerprint density at radius 2 is 1.77 bits per heavy atom. The van der Waals surface area contributed by atoms with Gasteiger partial charge in [-0.3, -0.25) is 19.3 Å². The maximum atomic E-state index is 13.9. The van der Waals surface area contributed by atoms with Crippen molar-refractivity contribution in [2.45, 2.75) is 39.7 Å². The summed E-state index contributed by atoms with van der Waals surface area (Å²) in [6.07, 6.45) is 2.89. The van der Waals surface area contributed by atoms with Gasteiger partial charge in [-0.15, -0.1) is 0 Å². The van der Waals surface area contributed by atoms with Crippen LogP contribution in [0.1, 0.15) is 33.6 Å². The van der Waals surface area contributed by atoms with Gasteiger partial charge < -0.3 is 19.3 Å². The largest absolute Gasteiger partial charge is 0.477 e. The second-order valence-electron chi connectivity index (χ2n) is 13.0. The summed E-state index contributed by atoms with van der Waals surface area (Å²) < 4.78 is 12.3. The molecule has 44 heavy (non-hydrogen) atoms. The molecule has 2 saturated heterocycles. The minimum absolute atomic E-state index is 0.0942. The monoisotopic (exact) mass is 615 g/mol. The van der Waals surface area contributed by atoms with Crippen LogP contribution in [0, 0.1) is 11.3 Å². The van der Waals surface area contributed by atoms with E-state index in [2.05, 4.69) is 11.5 Å². The number of anilines is 1. The van der Waals surface area contributed by atoms with Gasteiger partial charge in [-0.1, -0.05) is 42.4 Å². The number of fused-ring (bicyclic) bond motifs is 2. The molecule has 0 saturated carbocycles. The quantitative estimate of drug-likeness (QED) is 0.186. The normalized spacial score (nSPS) is 19.0. The highest BCUT2D eigenvalue weighted by atomic mass is 35.5. The van der Waals surface area contributed by atoms with Crippen LogP contribution in [0.4, 0.5) is 5.69 Å². The molecule has 0 aliphatic carbocycles. The predicted octanol–water partition coefficient (Wildman–Crippen LogP) is 5.95. The van der Waals surface area contributed by atoms with Crippen molar-refractivity contribution < 1.29 is 23.9 Å². The van der Waals surface area contributed by atoms with Gasteiger partial charge in [0.25, 0.3) is 5.91 Å². The zero-order valence-corrected chi connectivity index (χ0v) is 26.2. The molecule has 2 fully saturated rings. The maximum absolute atomic E-state index is 13.9. The average molecular weight is 616 g/mol. The second kappa shape index (κ2) is 11.9. The van der Waals surface area contributed by atoms with E-state index in [1.807, 2.05) is 63.2 Å². The van der Waals surface area contributed by atoms with Crippen molar-refractivity contribution >= 4 is 45.8 Å². The number of rotatable bonds is 7. The lowest BCUT2D eigenvalue weighted by Gasteiger charge is -2.43. The number of halogens is 1. The first-order valence-corrected chi connectivity index (χ1v) is 15.6. The number of carbonyl (C=O) groups is 3. The zero-order valence-electron chi connectivity index (χ0n) is 25.5. The first-order valence-electron chi connectivity index (χ1n) is 15.2. The summed E-state index contributed by atoms with van der Waals surface area (Å²) in [5, 5.41) is 2.30. The molecule has 3 aliphatic heterocycles. The highest BCUT2D eigenvalue weighted by molar-refractivity contribution is 6.34. The summed E-state index contributed by atoms with van der Waals surface area (Å²) in [4.78, 5) is 44.5. The highest BCUT2D eigenvalue weighted by Crippen LogP contribution is 2.45. The summed E-state index contributed by atoms with van der Waals surface area (Å²) in [6, 6.07) is 15.3. The van der Waals surface area contributed by atoms with E-state index >= 15 is 0 Å². The third-order valence-corrected chi connectivity index (χ3v) is 8.92. The molecule has 0 aromatic heterocycles. The van der Waals surface area contributed by atoms with Gasteiger partial charge in [0.1, 0.15) is 11.5 Å². The van der Waals surface area contributed by atoms with Crippen LogP contribution in [0.25, 0.3) is 21.9 Å². The lowest BCUT2D eigenvalue weighted by atomic mass is 9.95. The number of carbonyl (C=O) groups excluding carboxylic acids is 3. The van der Waals surface area contributed by atoms with E-state index < -0.39 is 11.5 Å². The third-order valence-electron chi connectivity index (χ3n) is 8.61. The van der Waals surface area contributed by atoms with Crippen LogP contribution in [0.3, 0.4) is 0 Å². The molecule has 0 radical (unpaired) electrons. The molecule has 3 aromatic carbocycles. The Kier molecular flexibility index (Phi) is 8.16. The first-order chi connectivity index (χ1) is 21.0. The molecule has 3 aliphatic rings. The van der Waals surface area contributed by atoms with Crippen molar-refractivity contribution in [3.8, 4) is 22.6 Å². The van der Waals surface area contributed by atoms with E-state index in [4.69, 9.17) is 21.1 Å². The van der Waals surface area contributed by atoms with E-state index in [0.717, 1.165) is 47.8 Å². The van der Waals surface area contributed by atoms with Crippen LogP contribution < -0.4 is 14.4 Å². The lowest BCUT2D eigenvalue weighted by Crippen LogP contribution is -2.57. The Balaban J connectivity index is 1.39. The van der Waals surface area contributed by atoms with E-state index in [9.17, 15) is 14.4 Å². The predicted molar refractivity (Wildman–Crippen MR) is 172 cm³/mol. The number of amides is 2. The first kappa shape index (κ1) is 30.2. The van der Waals surface area contributed by atoms with Crippen molar-refractivity contribution in [2.24, 2.45) is 11.3 Å². The molecule has 0 bridgehead atoms. The molecule has 3 heterocycles. The molecular weight excluding hydrogens is 578 g/mol. The SMILES string of the molecule is C=CC(=O)N1CC(CN2C(=O)C(CN3CCCC3)Oc3cc(-c4cc(OC(=O)C(C)(C)C)cc5ccccc45)c(Cl)cc32)C1. The molecule has 9 heteroatoms. The van der Waals surface area contributed by atoms with Crippen molar-refractivity contribution in [1.29, 1.82) is 0 Å². The average Bonchev–Trinajstić information content (AvgIpc) is 3.48. The summed E-state index contributed by atoms with van der Waals surface area (Å²) in [6.45, 7) is 13.0. The van der Waals surface area contributed by atoms with Crippen molar-refractivity contribution in [1.82, 2.24) is 9.80 Å². The highest BCUT2D eigenvalue weighted by Gasteiger charge is 2.40. The number of esters is 1. The van der Waals surface area contributed by atoms with Crippen LogP contribution in [0.15, 0.2) is 61.2 Å². The lowest BCUT2D eigenvalue weighted by molar-refractivity contribution is -0.143. The summed E-state index contributed by atoms with van der Waals surface area (Å²) in [5.74, 6) is 0.619. The molecule has 0 spiro atoms. The van der Waals surface area contributed by atoms with Gasteiger partial charge in [-0.05, 0) is 93.4 Å². The Morgan fingerprint density at radius 3 is 2.48 bits per heavy atom. The Morgan fingerprint density at radius 1 is 1.05 bits per heavy atom. The molecule has 3 aromatic rings. The molecule has 8 nitrogen and oxygen atoms in total. The summed E-state index contributed by atoms with van der Waals surface area (Å²) >= 11 is 7.01. The standard InChI is InChI=1S/C35H38ClN3O5/c1-5-32(40)38-18-22(19-38)20-39-29-17-28(36)27(16-30(29)44-31(33(39)41)21-37-12-8-9-13-37)26-15-24(43-34(42)35(2,3)4)14-23-10-6-7-11-25(23)26/h5-7,10-11,14-17,22,31H,1,8-9,12-13,18-21H2,2-4H3. The number of ether oxygens (including phenoxy) is 2. The number of likely N-dealkylation sites (tertiary alicyclic amines) is 2. The Hall–Kier alpha value is -3.88. The topological polar surface area (TPSA) is 79.4 Å². The molecule has 1 atom stereocenters. The third kappa shape index (κ3) is 5.93. The molecule has 230 valence electrons. The van der Waals surface area contributed by atoms with Gasteiger partial charge in [0.2, 0.25) is 5.91 Å². The molecule has 6 rings (SSSR count). The van der Waals surface area contributed by atoms with Crippen LogP contribution >= 0.6 is 11.6 Å². The number of nitrogens with zero attached hydrogens (tertiary/aromatic N) is 3. The summed E-state index contributed by atoms with van der Waals surface area (Å²) in [7, 11) is 0. The van der Waals surface area contributed by atoms with E-state index in [0.29, 0.717) is 48.4 Å². The van der Waals surface area contributed by atoms with Gasteiger partial charge in [0, 0.05) is 37.7 Å². The fourth-order valence-electron chi connectivity index (χ4n) is 6.13. The van der Waals surface area contributed by atoms with Gasteiger partial charge in [0.05, 0.1) is 16.1 Å². The number of hydrogen-bond acceptors (Lipinski definition) is 6. The van der Waals surface area contributed by atoms with Crippen LogP contribution in [0.2, 0.25) is 5.02 Å². The molecule has 0 N–H and O–H groups in total. The van der Waals surface area contributed by atoms with Crippen molar-refractivity contribution in [2.75, 3.05) is 44.2 Å². The second-order valence-corrected chi connectivity index (χ2v) is 13.4. The zero-order chi connectivity index (χ0) is 31.2. The molecule has 1 unspecified atom stereocenters. The minimum Gasteiger partial charge on any atom is -0.477 e. The van der Waals surface area contributed by atoms with Crippen LogP contribution in [0.5, 0.6) is 11.5 Å². The van der Waals surface area contributed by atoms with E-state index in [1.54, 1.807) is 15.9 Å². The number of hydrogen-bond donors (Lipinski definition) is 0. The molecule has 2 amide bonds. The Bertz CT molecular complexity index is 1640.